The zero-order chi connectivity index (χ0) is 24.0. The van der Waals surface area contributed by atoms with E-state index in [0.29, 0.717) is 30.6 Å². The summed E-state index contributed by atoms with van der Waals surface area (Å²) in [5.41, 5.74) is 2.31. The Morgan fingerprint density at radius 1 is 1.18 bits per heavy atom. The smallest absolute Gasteiger partial charge is 0.319 e. The number of H-pyrrole nitrogens is 1. The first kappa shape index (κ1) is 23.0. The zero-order valence-electron chi connectivity index (χ0n) is 20.4. The molecule has 8 heteroatoms. The van der Waals surface area contributed by atoms with Crippen LogP contribution in [0.5, 0.6) is 11.5 Å². The Bertz CT molecular complexity index is 1110. The van der Waals surface area contributed by atoms with Crippen molar-refractivity contribution in [3.05, 3.63) is 23.4 Å². The van der Waals surface area contributed by atoms with E-state index < -0.39 is 5.41 Å². The number of aromatic amines is 1. The second-order valence-electron chi connectivity index (χ2n) is 9.81. The highest BCUT2D eigenvalue weighted by atomic mass is 16.5. The van der Waals surface area contributed by atoms with Crippen molar-refractivity contribution in [2.45, 2.75) is 51.0 Å². The van der Waals surface area contributed by atoms with Crippen molar-refractivity contribution in [3.8, 4) is 11.5 Å². The van der Waals surface area contributed by atoms with Crippen LogP contribution in [-0.2, 0) is 30.9 Å². The number of nitrogens with one attached hydrogen (secondary N) is 1. The first-order valence-electron chi connectivity index (χ1n) is 12.2. The van der Waals surface area contributed by atoms with Crippen LogP contribution in [0.2, 0.25) is 0 Å². The number of nitrogens with zero attached hydrogens (tertiary/aromatic N) is 1. The second kappa shape index (κ2) is 8.80. The van der Waals surface area contributed by atoms with Gasteiger partial charge in [-0.25, -0.2) is 0 Å². The number of benzene rings is 1. The number of aromatic nitrogens is 1. The fraction of sp³-hybridized carbons (Fsp3) is 0.615. The van der Waals surface area contributed by atoms with Crippen molar-refractivity contribution in [1.29, 1.82) is 0 Å². The molecular weight excluding hydrogens is 436 g/mol. The normalized spacial score (nSPS) is 29.3. The van der Waals surface area contributed by atoms with E-state index in [1.165, 1.54) is 6.92 Å². The summed E-state index contributed by atoms with van der Waals surface area (Å²) < 4.78 is 22.2. The monoisotopic (exact) mass is 470 g/mol. The van der Waals surface area contributed by atoms with E-state index in [1.807, 2.05) is 19.1 Å². The summed E-state index contributed by atoms with van der Waals surface area (Å²) in [5.74, 6) is 1.55. The number of fused-ring (bicyclic) bond motifs is 4. The van der Waals surface area contributed by atoms with Gasteiger partial charge in [-0.05, 0) is 56.1 Å². The topological polar surface area (TPSA) is 90.1 Å². The summed E-state index contributed by atoms with van der Waals surface area (Å²) in [5, 5.41) is 1.07. The molecule has 0 amide bonds. The molecule has 1 N–H and O–H groups in total. The van der Waals surface area contributed by atoms with Gasteiger partial charge in [0.15, 0.2) is 11.5 Å². The van der Waals surface area contributed by atoms with Crippen LogP contribution >= 0.6 is 0 Å². The van der Waals surface area contributed by atoms with Crippen LogP contribution in [0.1, 0.15) is 44.4 Å². The number of piperidine rings is 2. The zero-order valence-corrected chi connectivity index (χ0v) is 20.4. The standard InChI is InChI=1S/C26H34N2O6/c1-5-33-25(30)26-13-16-10-17(7-9-34-15(2)29)24(26)28(14-16)8-6-18-19-11-21(31-3)22(32-4)12-20(19)27-23(18)26/h11-12,16-17,24,27H,5-10,13-14H2,1-4H3/t16-,17?,24?,26?/m1/s1. The molecule has 4 aliphatic rings. The number of carbonyl (C=O) groups is 2. The molecule has 3 fully saturated rings. The number of rotatable bonds is 7. The fourth-order valence-electron chi connectivity index (χ4n) is 6.96. The average Bonchev–Trinajstić information content (AvgIpc) is 3.14. The number of methoxy groups -OCH3 is 2. The van der Waals surface area contributed by atoms with Crippen LogP contribution in [-0.4, -0.2) is 68.4 Å². The summed E-state index contributed by atoms with van der Waals surface area (Å²) in [6.07, 6.45) is 3.40. The van der Waals surface area contributed by atoms with Crippen LogP contribution in [0.3, 0.4) is 0 Å². The highest BCUT2D eigenvalue weighted by Crippen LogP contribution is 2.55. The Kier molecular flexibility index (Phi) is 5.96. The highest BCUT2D eigenvalue weighted by Gasteiger charge is 2.63. The van der Waals surface area contributed by atoms with Crippen LogP contribution in [0.15, 0.2) is 12.1 Å². The van der Waals surface area contributed by atoms with E-state index in [9.17, 15) is 9.59 Å². The lowest BCUT2D eigenvalue weighted by Crippen LogP contribution is -2.67. The van der Waals surface area contributed by atoms with Gasteiger partial charge in [-0.2, -0.15) is 0 Å². The fourth-order valence-corrected chi connectivity index (χ4v) is 6.96. The molecule has 4 unspecified atom stereocenters. The summed E-state index contributed by atoms with van der Waals surface area (Å²) in [7, 11) is 3.27. The minimum Gasteiger partial charge on any atom is -0.493 e. The number of carbonyl (C=O) groups excluding carboxylic acids is 2. The van der Waals surface area contributed by atoms with E-state index in [0.717, 1.165) is 60.9 Å². The molecule has 1 saturated carbocycles. The SMILES string of the molecule is CCOC(=O)C12C[C@H]3CC(CCOC(C)=O)C1N(CCc1c2[nH]c2cc(OC)c(OC)cc12)C3. The predicted octanol–water partition coefficient (Wildman–Crippen LogP) is 3.21. The average molecular weight is 471 g/mol. The molecule has 1 aromatic carbocycles. The molecule has 1 aromatic heterocycles. The number of hydrogen-bond donors (Lipinski definition) is 1. The van der Waals surface area contributed by atoms with E-state index in [4.69, 9.17) is 18.9 Å². The maximum absolute atomic E-state index is 13.9. The summed E-state index contributed by atoms with van der Waals surface area (Å²) in [6, 6.07) is 3.98. The predicted molar refractivity (Wildman–Crippen MR) is 126 cm³/mol. The van der Waals surface area contributed by atoms with Crippen molar-refractivity contribution in [2.75, 3.05) is 40.5 Å². The van der Waals surface area contributed by atoms with Gasteiger partial charge in [0.2, 0.25) is 0 Å². The molecule has 0 radical (unpaired) electrons. The molecular formula is C26H34N2O6. The highest BCUT2D eigenvalue weighted by molar-refractivity contribution is 5.93. The van der Waals surface area contributed by atoms with Crippen molar-refractivity contribution < 1.29 is 28.5 Å². The number of hydrogen-bond acceptors (Lipinski definition) is 7. The van der Waals surface area contributed by atoms with E-state index in [-0.39, 0.29) is 23.9 Å². The van der Waals surface area contributed by atoms with Crippen molar-refractivity contribution in [2.24, 2.45) is 11.8 Å². The van der Waals surface area contributed by atoms with E-state index >= 15 is 0 Å². The Hall–Kier alpha value is -2.74. The quantitative estimate of drug-likeness (QED) is 0.622. The van der Waals surface area contributed by atoms with Crippen molar-refractivity contribution >= 4 is 22.8 Å². The summed E-state index contributed by atoms with van der Waals surface area (Å²) in [4.78, 5) is 31.4. The molecule has 4 heterocycles. The maximum Gasteiger partial charge on any atom is 0.319 e. The number of ether oxygens (including phenoxy) is 4. The molecule has 2 aromatic rings. The summed E-state index contributed by atoms with van der Waals surface area (Å²) in [6.45, 7) is 5.90. The van der Waals surface area contributed by atoms with Gasteiger partial charge in [0.25, 0.3) is 0 Å². The van der Waals surface area contributed by atoms with Gasteiger partial charge in [-0.3, -0.25) is 14.5 Å². The third kappa shape index (κ3) is 3.45. The lowest BCUT2D eigenvalue weighted by atomic mass is 9.56. The molecule has 3 aliphatic heterocycles. The van der Waals surface area contributed by atoms with Crippen molar-refractivity contribution in [3.63, 3.8) is 0 Å². The number of esters is 2. The van der Waals surface area contributed by atoms with Gasteiger partial charge >= 0.3 is 11.9 Å². The lowest BCUT2D eigenvalue weighted by Gasteiger charge is -2.58. The molecule has 1 aliphatic carbocycles. The first-order valence-corrected chi connectivity index (χ1v) is 12.2. The minimum absolute atomic E-state index is 0.00483. The first-order chi connectivity index (χ1) is 16.4. The van der Waals surface area contributed by atoms with Gasteiger partial charge in [0.05, 0.1) is 27.4 Å². The van der Waals surface area contributed by atoms with Gasteiger partial charge in [0.1, 0.15) is 5.41 Å². The third-order valence-electron chi connectivity index (χ3n) is 8.02. The van der Waals surface area contributed by atoms with Gasteiger partial charge in [-0.15, -0.1) is 0 Å². The molecule has 184 valence electrons. The van der Waals surface area contributed by atoms with Crippen LogP contribution in [0.4, 0.5) is 0 Å². The Balaban J connectivity index is 1.66. The second-order valence-corrected chi connectivity index (χ2v) is 9.81. The Labute approximate surface area is 199 Å². The lowest BCUT2D eigenvalue weighted by molar-refractivity contribution is -0.166. The van der Waals surface area contributed by atoms with Crippen molar-refractivity contribution in [1.82, 2.24) is 9.88 Å². The van der Waals surface area contributed by atoms with Gasteiger partial charge in [-0.1, -0.05) is 0 Å². The van der Waals surface area contributed by atoms with Crippen LogP contribution in [0, 0.1) is 11.8 Å². The maximum atomic E-state index is 13.9. The molecule has 5 atom stereocenters. The van der Waals surface area contributed by atoms with E-state index in [1.54, 1.807) is 14.2 Å². The minimum atomic E-state index is -0.774. The molecule has 6 rings (SSSR count). The van der Waals surface area contributed by atoms with Gasteiger partial charge in [0, 0.05) is 48.7 Å². The Morgan fingerprint density at radius 3 is 2.65 bits per heavy atom. The van der Waals surface area contributed by atoms with Crippen LogP contribution < -0.4 is 9.47 Å². The third-order valence-corrected chi connectivity index (χ3v) is 8.02. The molecule has 0 spiro atoms. The van der Waals surface area contributed by atoms with Crippen LogP contribution in [0.25, 0.3) is 10.9 Å². The summed E-state index contributed by atoms with van der Waals surface area (Å²) >= 11 is 0. The molecule has 2 saturated heterocycles. The molecule has 8 nitrogen and oxygen atoms in total. The Morgan fingerprint density at radius 2 is 1.94 bits per heavy atom. The largest absolute Gasteiger partial charge is 0.493 e. The van der Waals surface area contributed by atoms with E-state index in [2.05, 4.69) is 9.88 Å². The molecule has 4 bridgehead atoms. The van der Waals surface area contributed by atoms with Gasteiger partial charge < -0.3 is 23.9 Å². The molecule has 34 heavy (non-hydrogen) atoms.